The highest BCUT2D eigenvalue weighted by molar-refractivity contribution is 6.40. The molecule has 4 N–H and O–H groups in total. The molecule has 3 aromatic heterocycles. The third kappa shape index (κ3) is 4.00. The summed E-state index contributed by atoms with van der Waals surface area (Å²) < 4.78 is 7.88. The van der Waals surface area contributed by atoms with Crippen molar-refractivity contribution >= 4 is 39.6 Å². The van der Waals surface area contributed by atoms with Crippen LogP contribution in [0.5, 0.6) is 0 Å². The maximum atomic E-state index is 13.0. The lowest BCUT2D eigenvalue weighted by Gasteiger charge is -2.58. The van der Waals surface area contributed by atoms with Gasteiger partial charge in [-0.1, -0.05) is 0 Å². The standard InChI is InChI=1S/C28H36N6O4/c1-2-38-19-5-3-18(4-6-19)31-26(35)27(36)32-25-21-14-30-24-20(7-8-29-24)23(21)34(33-25)22-16-9-15-10-17(22)13-28(37,11-15)12-16/h7-8,14-19,22,33,37H,2-6,9-13H2,1H3,(H,31,35)(H,32,36)/t15?,16-,17+,18?,19?,22?,28?. The molecule has 8 rings (SSSR count). The van der Waals surface area contributed by atoms with Gasteiger partial charge in [-0.05, 0) is 88.5 Å². The van der Waals surface area contributed by atoms with Gasteiger partial charge in [0.05, 0.1) is 28.6 Å². The number of pyridine rings is 1. The number of hydrogen-bond acceptors (Lipinski definition) is 6. The molecule has 0 aliphatic heterocycles. The summed E-state index contributed by atoms with van der Waals surface area (Å²) >= 11 is 0. The van der Waals surface area contributed by atoms with Gasteiger partial charge >= 0.3 is 11.8 Å². The average molecular weight is 521 g/mol. The average Bonchev–Trinajstić information content (AvgIpc) is 3.49. The second-order valence-electron chi connectivity index (χ2n) is 12.1. The molecule has 0 aromatic carbocycles. The first-order valence-electron chi connectivity index (χ1n) is 14.2. The number of H-pyrrole nitrogens is 1. The molecule has 3 heterocycles. The van der Waals surface area contributed by atoms with Gasteiger partial charge in [-0.3, -0.25) is 19.4 Å². The molecule has 0 spiro atoms. The molecular formula is C28H36N6O4. The van der Waals surface area contributed by atoms with Gasteiger partial charge in [0.1, 0.15) is 5.82 Å². The van der Waals surface area contributed by atoms with E-state index in [-0.39, 0.29) is 18.2 Å². The minimum atomic E-state index is -0.688. The van der Waals surface area contributed by atoms with Gasteiger partial charge in [0.15, 0.2) is 5.65 Å². The summed E-state index contributed by atoms with van der Waals surface area (Å²) in [4.78, 5) is 34.8. The van der Waals surface area contributed by atoms with Gasteiger partial charge in [0, 0.05) is 30.4 Å². The Morgan fingerprint density at radius 3 is 2.58 bits per heavy atom. The van der Waals surface area contributed by atoms with E-state index in [1.165, 1.54) is 0 Å². The summed E-state index contributed by atoms with van der Waals surface area (Å²) in [5.74, 6) is 0.478. The fourth-order valence-corrected chi connectivity index (χ4v) is 8.35. The van der Waals surface area contributed by atoms with Crippen LogP contribution >= 0.6 is 0 Å². The second-order valence-corrected chi connectivity index (χ2v) is 12.1. The Hall–Kier alpha value is -2.98. The summed E-state index contributed by atoms with van der Waals surface area (Å²) in [5.41, 5.74) is 1.07. The van der Waals surface area contributed by atoms with Crippen LogP contribution in [0.3, 0.4) is 0 Å². The van der Waals surface area contributed by atoms with Gasteiger partial charge < -0.3 is 20.5 Å². The molecule has 5 saturated carbocycles. The van der Waals surface area contributed by atoms with Crippen molar-refractivity contribution in [1.29, 1.82) is 0 Å². The lowest BCUT2D eigenvalue weighted by Crippen LogP contribution is -2.55. The lowest BCUT2D eigenvalue weighted by atomic mass is 9.52. The lowest BCUT2D eigenvalue weighted by molar-refractivity contribution is -0.148. The molecule has 202 valence electrons. The molecule has 3 unspecified atom stereocenters. The van der Waals surface area contributed by atoms with E-state index in [9.17, 15) is 14.7 Å². The van der Waals surface area contributed by atoms with Gasteiger partial charge in [-0.2, -0.15) is 0 Å². The molecule has 5 fully saturated rings. The Morgan fingerprint density at radius 2 is 1.87 bits per heavy atom. The van der Waals surface area contributed by atoms with Crippen molar-refractivity contribution in [3.05, 3.63) is 18.5 Å². The highest BCUT2D eigenvalue weighted by Gasteiger charge is 2.55. The molecule has 38 heavy (non-hydrogen) atoms. The van der Waals surface area contributed by atoms with Crippen LogP contribution in [0.2, 0.25) is 0 Å². The van der Waals surface area contributed by atoms with E-state index >= 15 is 0 Å². The molecule has 4 bridgehead atoms. The number of amides is 2. The van der Waals surface area contributed by atoms with Crippen molar-refractivity contribution in [1.82, 2.24) is 25.1 Å². The molecule has 10 nitrogen and oxygen atoms in total. The molecule has 10 heteroatoms. The number of nitrogens with one attached hydrogen (secondary N) is 3. The zero-order valence-corrected chi connectivity index (χ0v) is 21.8. The van der Waals surface area contributed by atoms with E-state index in [0.29, 0.717) is 35.8 Å². The quantitative estimate of drug-likeness (QED) is 0.381. The van der Waals surface area contributed by atoms with Crippen molar-refractivity contribution in [3.63, 3.8) is 0 Å². The smallest absolute Gasteiger partial charge is 0.314 e. The molecule has 5 aliphatic rings. The molecule has 5 aliphatic carbocycles. The monoisotopic (exact) mass is 520 g/mol. The zero-order chi connectivity index (χ0) is 26.0. The maximum Gasteiger partial charge on any atom is 0.314 e. The Balaban J connectivity index is 1.16. The van der Waals surface area contributed by atoms with Crippen LogP contribution in [0.1, 0.15) is 70.8 Å². The normalized spacial score (nSPS) is 34.2. The van der Waals surface area contributed by atoms with Crippen molar-refractivity contribution in [3.8, 4) is 0 Å². The first-order valence-corrected chi connectivity index (χ1v) is 14.2. The van der Waals surface area contributed by atoms with Gasteiger partial charge in [0.25, 0.3) is 0 Å². The number of aromatic nitrogens is 4. The van der Waals surface area contributed by atoms with Crippen molar-refractivity contribution in [2.24, 2.45) is 17.8 Å². The van der Waals surface area contributed by atoms with Gasteiger partial charge in [-0.15, -0.1) is 0 Å². The number of aliphatic hydroxyl groups is 1. The van der Waals surface area contributed by atoms with Crippen LogP contribution in [0.15, 0.2) is 18.5 Å². The molecule has 5 atom stereocenters. The summed E-state index contributed by atoms with van der Waals surface area (Å²) in [6.07, 6.45) is 11.9. The molecule has 0 radical (unpaired) electrons. The van der Waals surface area contributed by atoms with Crippen molar-refractivity contribution in [2.75, 3.05) is 11.9 Å². The SMILES string of the molecule is CCOC1CCC(NC(=O)C(=O)Nc2[nH]n(C3[C@@H]4CC5C[C@H]3CC(O)(C5)C4)c3c2cnc2nccc23)CC1. The Morgan fingerprint density at radius 1 is 1.11 bits per heavy atom. The highest BCUT2D eigenvalue weighted by atomic mass is 16.5. The zero-order valence-electron chi connectivity index (χ0n) is 21.8. The van der Waals surface area contributed by atoms with Crippen LogP contribution in [0, 0.1) is 17.8 Å². The number of carbonyl (C=O) groups excluding carboxylic acids is 2. The summed E-state index contributed by atoms with van der Waals surface area (Å²) in [6, 6.07) is 2.12. The summed E-state index contributed by atoms with van der Waals surface area (Å²) in [5, 5.41) is 22.0. The number of nitrogens with zero attached hydrogens (tertiary/aromatic N) is 3. The molecule has 2 amide bonds. The predicted octanol–water partition coefficient (Wildman–Crippen LogP) is 3.43. The first kappa shape index (κ1) is 24.1. The molecule has 3 aromatic rings. The van der Waals surface area contributed by atoms with Crippen LogP contribution in [0.4, 0.5) is 5.82 Å². The van der Waals surface area contributed by atoms with E-state index < -0.39 is 17.4 Å². The van der Waals surface area contributed by atoms with Crippen LogP contribution in [0.25, 0.3) is 21.9 Å². The Bertz CT molecular complexity index is 1370. The first-order chi connectivity index (χ1) is 18.4. The topological polar surface area (TPSA) is 134 Å². The van der Waals surface area contributed by atoms with E-state index in [1.807, 2.05) is 13.0 Å². The number of aromatic amines is 1. The number of hydrogen-bond donors (Lipinski definition) is 4. The van der Waals surface area contributed by atoms with Gasteiger partial charge in [0.2, 0.25) is 0 Å². The summed E-state index contributed by atoms with van der Waals surface area (Å²) in [7, 11) is 0. The van der Waals surface area contributed by atoms with Crippen LogP contribution in [-0.2, 0) is 14.3 Å². The minimum Gasteiger partial charge on any atom is -0.390 e. The minimum absolute atomic E-state index is 0.0224. The fraction of sp³-hybridized carbons (Fsp3) is 0.643. The van der Waals surface area contributed by atoms with E-state index in [4.69, 9.17) is 4.74 Å². The molecule has 0 saturated heterocycles. The summed E-state index contributed by atoms with van der Waals surface area (Å²) in [6.45, 7) is 2.69. The number of rotatable bonds is 5. The van der Waals surface area contributed by atoms with Crippen molar-refractivity contribution in [2.45, 2.75) is 88.5 Å². The third-order valence-electron chi connectivity index (χ3n) is 9.59. The predicted molar refractivity (Wildman–Crippen MR) is 141 cm³/mol. The molecular weight excluding hydrogens is 484 g/mol. The van der Waals surface area contributed by atoms with E-state index in [0.717, 1.165) is 74.1 Å². The number of anilines is 1. The third-order valence-corrected chi connectivity index (χ3v) is 9.59. The highest BCUT2D eigenvalue weighted by Crippen LogP contribution is 2.60. The Labute approximate surface area is 220 Å². The largest absolute Gasteiger partial charge is 0.390 e. The maximum absolute atomic E-state index is 13.0. The number of fused-ring (bicyclic) bond motifs is 3. The number of ether oxygens (including phenoxy) is 1. The van der Waals surface area contributed by atoms with Gasteiger partial charge in [-0.25, -0.2) is 9.97 Å². The van der Waals surface area contributed by atoms with E-state index in [2.05, 4.69) is 30.4 Å². The number of carbonyl (C=O) groups is 2. The van der Waals surface area contributed by atoms with Crippen LogP contribution in [-0.4, -0.2) is 61.0 Å². The fourth-order valence-electron chi connectivity index (χ4n) is 8.35. The van der Waals surface area contributed by atoms with Crippen LogP contribution < -0.4 is 10.6 Å². The Kier molecular flexibility index (Phi) is 5.74. The van der Waals surface area contributed by atoms with E-state index in [1.54, 1.807) is 12.4 Å². The van der Waals surface area contributed by atoms with Crippen molar-refractivity contribution < 1.29 is 19.4 Å². The second kappa shape index (κ2) is 9.05.